The number of nitrogens with zero attached hydrogens (tertiary/aromatic N) is 1. The van der Waals surface area contributed by atoms with Gasteiger partial charge in [0, 0.05) is 31.0 Å². The Morgan fingerprint density at radius 3 is 2.89 bits per heavy atom. The van der Waals surface area contributed by atoms with Crippen LogP contribution >= 0.6 is 0 Å². The summed E-state index contributed by atoms with van der Waals surface area (Å²) in [4.78, 5) is 14.2. The fourth-order valence-electron chi connectivity index (χ4n) is 2.43. The maximum atomic E-state index is 12.0. The minimum Gasteiger partial charge on any atom is -0.399 e. The van der Waals surface area contributed by atoms with Gasteiger partial charge in [0.05, 0.1) is 5.92 Å². The Labute approximate surface area is 114 Å². The van der Waals surface area contributed by atoms with E-state index in [-0.39, 0.29) is 11.8 Å². The molecule has 1 fully saturated rings. The summed E-state index contributed by atoms with van der Waals surface area (Å²) in [5.74, 6) is 0.186. The number of nitrogens with one attached hydrogen (secondary N) is 1. The zero-order valence-corrected chi connectivity index (χ0v) is 11.1. The number of anilines is 2. The van der Waals surface area contributed by atoms with Crippen molar-refractivity contribution in [2.24, 2.45) is 5.92 Å². The second-order valence-electron chi connectivity index (χ2n) is 4.91. The van der Waals surface area contributed by atoms with Crippen LogP contribution in [0.15, 0.2) is 36.9 Å². The summed E-state index contributed by atoms with van der Waals surface area (Å²) in [5, 5.41) is 2.88. The fourth-order valence-corrected chi connectivity index (χ4v) is 2.43. The lowest BCUT2D eigenvalue weighted by Gasteiger charge is -2.33. The molecule has 3 N–H and O–H groups in total. The average molecular weight is 259 g/mol. The molecule has 0 radical (unpaired) electrons. The molecule has 0 spiro atoms. The molecule has 1 aromatic rings. The van der Waals surface area contributed by atoms with Crippen LogP contribution in [0.25, 0.3) is 0 Å². The van der Waals surface area contributed by atoms with E-state index in [4.69, 9.17) is 5.73 Å². The molecule has 0 aromatic heterocycles. The van der Waals surface area contributed by atoms with E-state index < -0.39 is 0 Å². The molecule has 0 bridgehead atoms. The van der Waals surface area contributed by atoms with Gasteiger partial charge < -0.3 is 16.0 Å². The van der Waals surface area contributed by atoms with E-state index in [1.54, 1.807) is 6.08 Å². The zero-order chi connectivity index (χ0) is 13.7. The van der Waals surface area contributed by atoms with Crippen LogP contribution in [-0.2, 0) is 4.79 Å². The molecule has 1 saturated heterocycles. The van der Waals surface area contributed by atoms with E-state index in [2.05, 4.69) is 16.8 Å². The van der Waals surface area contributed by atoms with Gasteiger partial charge in [-0.2, -0.15) is 0 Å². The van der Waals surface area contributed by atoms with Gasteiger partial charge in [-0.05, 0) is 37.1 Å². The molecular formula is C15H21N3O. The number of rotatable bonds is 4. The molecule has 1 amide bonds. The molecule has 1 heterocycles. The maximum absolute atomic E-state index is 12.0. The van der Waals surface area contributed by atoms with Gasteiger partial charge in [-0.1, -0.05) is 6.08 Å². The van der Waals surface area contributed by atoms with Gasteiger partial charge in [0.15, 0.2) is 0 Å². The first kappa shape index (κ1) is 13.5. The van der Waals surface area contributed by atoms with Crippen molar-refractivity contribution in [2.75, 3.05) is 30.3 Å². The monoisotopic (exact) mass is 259 g/mol. The Morgan fingerprint density at radius 2 is 2.21 bits per heavy atom. The van der Waals surface area contributed by atoms with Crippen molar-refractivity contribution < 1.29 is 4.79 Å². The molecule has 1 aliphatic heterocycles. The second-order valence-corrected chi connectivity index (χ2v) is 4.91. The first-order valence-corrected chi connectivity index (χ1v) is 6.70. The molecule has 1 atom stereocenters. The van der Waals surface area contributed by atoms with Gasteiger partial charge >= 0.3 is 0 Å². The number of carbonyl (C=O) groups is 1. The lowest BCUT2D eigenvalue weighted by atomic mass is 9.96. The predicted octanol–water partition coefficient (Wildman–Crippen LogP) is 1.79. The molecule has 4 heteroatoms. The maximum Gasteiger partial charge on any atom is 0.225 e. The Balaban J connectivity index is 1.98. The van der Waals surface area contributed by atoms with Crippen LogP contribution in [0.2, 0.25) is 0 Å². The molecule has 1 aromatic carbocycles. The summed E-state index contributed by atoms with van der Waals surface area (Å²) in [6.45, 7) is 5.92. The third-order valence-electron chi connectivity index (χ3n) is 3.47. The van der Waals surface area contributed by atoms with Gasteiger partial charge in [-0.15, -0.1) is 6.58 Å². The zero-order valence-electron chi connectivity index (χ0n) is 11.1. The number of benzene rings is 1. The van der Waals surface area contributed by atoms with Crippen molar-refractivity contribution in [2.45, 2.75) is 12.8 Å². The van der Waals surface area contributed by atoms with Crippen molar-refractivity contribution in [3.05, 3.63) is 36.9 Å². The van der Waals surface area contributed by atoms with Crippen LogP contribution in [0.4, 0.5) is 11.4 Å². The van der Waals surface area contributed by atoms with E-state index in [0.717, 1.165) is 37.3 Å². The first-order valence-electron chi connectivity index (χ1n) is 6.70. The van der Waals surface area contributed by atoms with Crippen LogP contribution in [-0.4, -0.2) is 25.5 Å². The van der Waals surface area contributed by atoms with Gasteiger partial charge in [0.25, 0.3) is 0 Å². The summed E-state index contributed by atoms with van der Waals surface area (Å²) < 4.78 is 0. The lowest BCUT2D eigenvalue weighted by Crippen LogP contribution is -2.43. The van der Waals surface area contributed by atoms with Gasteiger partial charge in [0.2, 0.25) is 5.91 Å². The number of carbonyl (C=O) groups excluding carboxylic acids is 1. The highest BCUT2D eigenvalue weighted by Gasteiger charge is 2.25. The molecule has 102 valence electrons. The highest BCUT2D eigenvalue weighted by Crippen LogP contribution is 2.24. The number of nitrogens with two attached hydrogens (primary N) is 1. The lowest BCUT2D eigenvalue weighted by molar-refractivity contribution is -0.125. The van der Waals surface area contributed by atoms with Crippen LogP contribution in [0.3, 0.4) is 0 Å². The summed E-state index contributed by atoms with van der Waals surface area (Å²) in [7, 11) is 0. The fraction of sp³-hybridized carbons (Fsp3) is 0.400. The molecule has 19 heavy (non-hydrogen) atoms. The number of amides is 1. The van der Waals surface area contributed by atoms with Gasteiger partial charge in [0.1, 0.15) is 0 Å². The van der Waals surface area contributed by atoms with E-state index in [1.807, 2.05) is 24.3 Å². The van der Waals surface area contributed by atoms with Crippen molar-refractivity contribution in [1.82, 2.24) is 5.32 Å². The first-order chi connectivity index (χ1) is 9.20. The normalized spacial score (nSPS) is 18.9. The van der Waals surface area contributed by atoms with Crippen molar-refractivity contribution >= 4 is 17.3 Å². The Kier molecular flexibility index (Phi) is 4.44. The number of piperidine rings is 1. The summed E-state index contributed by atoms with van der Waals surface area (Å²) >= 11 is 0. The molecule has 0 saturated carbocycles. The van der Waals surface area contributed by atoms with Crippen LogP contribution < -0.4 is 16.0 Å². The van der Waals surface area contributed by atoms with E-state index in [1.165, 1.54) is 0 Å². The third-order valence-corrected chi connectivity index (χ3v) is 3.47. The topological polar surface area (TPSA) is 58.4 Å². The highest BCUT2D eigenvalue weighted by molar-refractivity contribution is 5.79. The summed E-state index contributed by atoms with van der Waals surface area (Å²) in [5.41, 5.74) is 7.59. The smallest absolute Gasteiger partial charge is 0.225 e. The van der Waals surface area contributed by atoms with Crippen molar-refractivity contribution in [3.63, 3.8) is 0 Å². The summed E-state index contributed by atoms with van der Waals surface area (Å²) in [6.07, 6.45) is 3.70. The van der Waals surface area contributed by atoms with Crippen LogP contribution in [0.5, 0.6) is 0 Å². The van der Waals surface area contributed by atoms with E-state index in [0.29, 0.717) is 6.54 Å². The Hall–Kier alpha value is -1.97. The summed E-state index contributed by atoms with van der Waals surface area (Å²) in [6, 6.07) is 7.83. The average Bonchev–Trinajstić information content (AvgIpc) is 2.45. The minimum absolute atomic E-state index is 0.0613. The molecule has 2 rings (SSSR count). The highest BCUT2D eigenvalue weighted by atomic mass is 16.1. The predicted molar refractivity (Wildman–Crippen MR) is 79.0 cm³/mol. The van der Waals surface area contributed by atoms with Crippen LogP contribution in [0, 0.1) is 5.92 Å². The molecule has 1 aliphatic rings. The standard InChI is InChI=1S/C15H21N3O/c1-2-9-17-15(19)12-4-3-10-18(11-12)14-7-5-13(16)6-8-14/h2,5-8,12H,1,3-4,9-11,16H2,(H,17,19). The van der Waals surface area contributed by atoms with Crippen molar-refractivity contribution in [3.8, 4) is 0 Å². The molecular weight excluding hydrogens is 238 g/mol. The molecule has 0 aliphatic carbocycles. The third kappa shape index (κ3) is 3.50. The Morgan fingerprint density at radius 1 is 1.47 bits per heavy atom. The second kappa shape index (κ2) is 6.27. The van der Waals surface area contributed by atoms with Gasteiger partial charge in [-0.25, -0.2) is 0 Å². The minimum atomic E-state index is 0.0613. The molecule has 1 unspecified atom stereocenters. The van der Waals surface area contributed by atoms with E-state index in [9.17, 15) is 4.79 Å². The number of hydrogen-bond acceptors (Lipinski definition) is 3. The number of hydrogen-bond donors (Lipinski definition) is 2. The largest absolute Gasteiger partial charge is 0.399 e. The van der Waals surface area contributed by atoms with Crippen molar-refractivity contribution in [1.29, 1.82) is 0 Å². The van der Waals surface area contributed by atoms with E-state index >= 15 is 0 Å². The number of nitrogen functional groups attached to an aromatic ring is 1. The SMILES string of the molecule is C=CCNC(=O)C1CCCN(c2ccc(N)cc2)C1. The molecule has 4 nitrogen and oxygen atoms in total. The van der Waals surface area contributed by atoms with Crippen LogP contribution in [0.1, 0.15) is 12.8 Å². The van der Waals surface area contributed by atoms with Gasteiger partial charge in [-0.3, -0.25) is 4.79 Å². The quantitative estimate of drug-likeness (QED) is 0.640. The Bertz CT molecular complexity index is 441.